The van der Waals surface area contributed by atoms with Crippen LogP contribution in [0.3, 0.4) is 0 Å². The van der Waals surface area contributed by atoms with Crippen LogP contribution >= 0.6 is 12.4 Å². The molecular formula is C8H19ClO. The Morgan fingerprint density at radius 1 is 1.10 bits per heavy atom. The van der Waals surface area contributed by atoms with E-state index >= 15 is 0 Å². The maximum atomic E-state index is 8.79. The van der Waals surface area contributed by atoms with Gasteiger partial charge in [0.2, 0.25) is 0 Å². The molecule has 1 nitrogen and oxygen atoms in total. The minimum absolute atomic E-state index is 0. The van der Waals surface area contributed by atoms with E-state index < -0.39 is 0 Å². The van der Waals surface area contributed by atoms with Crippen molar-refractivity contribution >= 4 is 12.4 Å². The number of hydrogen-bond donors (Lipinski definition) is 1. The van der Waals surface area contributed by atoms with E-state index in [1.165, 1.54) is 25.7 Å². The fourth-order valence-electron chi connectivity index (χ4n) is 1.14. The van der Waals surface area contributed by atoms with Gasteiger partial charge in [-0.2, -0.15) is 0 Å². The first-order chi connectivity index (χ1) is 4.35. The Hall–Kier alpha value is 0.250. The van der Waals surface area contributed by atoms with Crippen molar-refractivity contribution in [2.75, 3.05) is 6.61 Å². The van der Waals surface area contributed by atoms with Gasteiger partial charge >= 0.3 is 0 Å². The van der Waals surface area contributed by atoms with E-state index in [-0.39, 0.29) is 12.4 Å². The zero-order chi connectivity index (χ0) is 7.11. The van der Waals surface area contributed by atoms with Crippen LogP contribution in [-0.4, -0.2) is 11.7 Å². The second kappa shape index (κ2) is 9.25. The Kier molecular flexibility index (Phi) is 11.9. The number of aliphatic hydroxyl groups excluding tert-OH is 1. The molecule has 10 heavy (non-hydrogen) atoms. The van der Waals surface area contributed by atoms with Crippen LogP contribution in [0.25, 0.3) is 0 Å². The fourth-order valence-corrected chi connectivity index (χ4v) is 1.14. The molecule has 0 aliphatic heterocycles. The fraction of sp³-hybridized carbons (Fsp3) is 1.00. The Balaban J connectivity index is 0. The summed E-state index contributed by atoms with van der Waals surface area (Å²) in [7, 11) is 0. The summed E-state index contributed by atoms with van der Waals surface area (Å²) in [4.78, 5) is 0. The minimum Gasteiger partial charge on any atom is -0.396 e. The lowest BCUT2D eigenvalue weighted by atomic mass is 10.00. The molecule has 0 aliphatic rings. The van der Waals surface area contributed by atoms with E-state index in [9.17, 15) is 0 Å². The molecule has 0 bridgehead atoms. The van der Waals surface area contributed by atoms with E-state index in [1.54, 1.807) is 0 Å². The van der Waals surface area contributed by atoms with Crippen molar-refractivity contribution in [2.45, 2.75) is 39.5 Å². The molecule has 1 N–H and O–H groups in total. The van der Waals surface area contributed by atoms with E-state index in [2.05, 4.69) is 13.8 Å². The molecule has 0 spiro atoms. The van der Waals surface area contributed by atoms with Gasteiger partial charge in [-0.1, -0.05) is 26.7 Å². The number of hydrogen-bond acceptors (Lipinski definition) is 1. The Morgan fingerprint density at radius 2 is 1.50 bits per heavy atom. The van der Waals surface area contributed by atoms with Gasteiger partial charge in [0, 0.05) is 6.61 Å². The summed E-state index contributed by atoms with van der Waals surface area (Å²) in [6.07, 6.45) is 4.77. The van der Waals surface area contributed by atoms with E-state index in [1.807, 2.05) is 0 Å². The summed E-state index contributed by atoms with van der Waals surface area (Å²) in [6.45, 7) is 4.71. The van der Waals surface area contributed by atoms with Gasteiger partial charge in [-0.3, -0.25) is 0 Å². The van der Waals surface area contributed by atoms with Gasteiger partial charge in [-0.25, -0.2) is 0 Å². The molecule has 0 unspecified atom stereocenters. The lowest BCUT2D eigenvalue weighted by molar-refractivity contribution is 0.209. The summed E-state index contributed by atoms with van der Waals surface area (Å²) in [5.41, 5.74) is 0. The first kappa shape index (κ1) is 12.9. The second-order valence-electron chi connectivity index (χ2n) is 2.63. The van der Waals surface area contributed by atoms with Crippen LogP contribution in [0.5, 0.6) is 0 Å². The van der Waals surface area contributed by atoms with Gasteiger partial charge in [-0.05, 0) is 18.8 Å². The average Bonchev–Trinajstić information content (AvgIpc) is 1.88. The zero-order valence-electron chi connectivity index (χ0n) is 6.97. The number of halogens is 1. The van der Waals surface area contributed by atoms with Crippen molar-refractivity contribution in [1.82, 2.24) is 0 Å². The maximum Gasteiger partial charge on any atom is 0.0459 e. The van der Waals surface area contributed by atoms with Crippen molar-refractivity contribution in [3.8, 4) is 0 Å². The van der Waals surface area contributed by atoms with Crippen molar-refractivity contribution in [3.05, 3.63) is 0 Å². The highest BCUT2D eigenvalue weighted by Crippen LogP contribution is 2.11. The van der Waals surface area contributed by atoms with Gasteiger partial charge in [0.1, 0.15) is 0 Å². The quantitative estimate of drug-likeness (QED) is 0.666. The van der Waals surface area contributed by atoms with Crippen LogP contribution in [-0.2, 0) is 0 Å². The van der Waals surface area contributed by atoms with Crippen molar-refractivity contribution < 1.29 is 5.11 Å². The molecule has 0 radical (unpaired) electrons. The van der Waals surface area contributed by atoms with E-state index in [4.69, 9.17) is 5.11 Å². The summed E-state index contributed by atoms with van der Waals surface area (Å²) in [6, 6.07) is 0. The summed E-state index contributed by atoms with van der Waals surface area (Å²) in [5, 5.41) is 8.79. The molecule has 0 fully saturated rings. The molecule has 0 aromatic heterocycles. The predicted octanol–water partition coefficient (Wildman–Crippen LogP) is 2.62. The lowest BCUT2D eigenvalue weighted by Gasteiger charge is -2.09. The lowest BCUT2D eigenvalue weighted by Crippen LogP contribution is -2.04. The highest BCUT2D eigenvalue weighted by Gasteiger charge is 2.02. The van der Waals surface area contributed by atoms with Gasteiger partial charge in [-0.15, -0.1) is 12.4 Å². The molecule has 0 saturated heterocycles. The third-order valence-electron chi connectivity index (χ3n) is 1.65. The molecule has 0 aliphatic carbocycles. The SMILES string of the molecule is CCCC(CO)CCC.Cl. The van der Waals surface area contributed by atoms with Crippen LogP contribution in [0, 0.1) is 5.92 Å². The van der Waals surface area contributed by atoms with E-state index in [0.29, 0.717) is 12.5 Å². The summed E-state index contributed by atoms with van der Waals surface area (Å²) < 4.78 is 0. The molecule has 0 aromatic rings. The number of rotatable bonds is 5. The first-order valence-electron chi connectivity index (χ1n) is 3.96. The maximum absolute atomic E-state index is 8.79. The highest BCUT2D eigenvalue weighted by atomic mass is 35.5. The minimum atomic E-state index is 0. The van der Waals surface area contributed by atoms with Crippen LogP contribution in [0.4, 0.5) is 0 Å². The van der Waals surface area contributed by atoms with Crippen LogP contribution in [0.2, 0.25) is 0 Å². The summed E-state index contributed by atoms with van der Waals surface area (Å²) >= 11 is 0. The van der Waals surface area contributed by atoms with E-state index in [0.717, 1.165) is 0 Å². The van der Waals surface area contributed by atoms with Gasteiger partial charge < -0.3 is 5.11 Å². The normalized spacial score (nSPS) is 9.60. The third kappa shape index (κ3) is 6.37. The van der Waals surface area contributed by atoms with Gasteiger partial charge in [0.25, 0.3) is 0 Å². The Labute approximate surface area is 70.2 Å². The molecule has 0 saturated carbocycles. The largest absolute Gasteiger partial charge is 0.396 e. The molecule has 64 valence electrons. The van der Waals surface area contributed by atoms with Crippen molar-refractivity contribution in [1.29, 1.82) is 0 Å². The third-order valence-corrected chi connectivity index (χ3v) is 1.65. The van der Waals surface area contributed by atoms with Crippen LogP contribution < -0.4 is 0 Å². The molecule has 0 aromatic carbocycles. The highest BCUT2D eigenvalue weighted by molar-refractivity contribution is 5.85. The average molecular weight is 167 g/mol. The molecule has 0 amide bonds. The first-order valence-corrected chi connectivity index (χ1v) is 3.96. The predicted molar refractivity (Wildman–Crippen MR) is 47.6 cm³/mol. The molecule has 2 heteroatoms. The molecule has 0 rings (SSSR count). The zero-order valence-corrected chi connectivity index (χ0v) is 7.78. The Morgan fingerprint density at radius 3 is 1.70 bits per heavy atom. The molecule has 0 heterocycles. The second-order valence-corrected chi connectivity index (χ2v) is 2.63. The van der Waals surface area contributed by atoms with Crippen LogP contribution in [0.15, 0.2) is 0 Å². The molecule has 0 atom stereocenters. The topological polar surface area (TPSA) is 20.2 Å². The van der Waals surface area contributed by atoms with Gasteiger partial charge in [0.05, 0.1) is 0 Å². The van der Waals surface area contributed by atoms with Crippen molar-refractivity contribution in [2.24, 2.45) is 5.92 Å². The smallest absolute Gasteiger partial charge is 0.0459 e. The summed E-state index contributed by atoms with van der Waals surface area (Å²) in [5.74, 6) is 0.569. The van der Waals surface area contributed by atoms with Gasteiger partial charge in [0.15, 0.2) is 0 Å². The monoisotopic (exact) mass is 166 g/mol. The number of aliphatic hydroxyl groups is 1. The van der Waals surface area contributed by atoms with Crippen LogP contribution in [0.1, 0.15) is 39.5 Å². The standard InChI is InChI=1S/C8H18O.ClH/c1-3-5-8(7-9)6-4-2;/h8-9H,3-7H2,1-2H3;1H. The van der Waals surface area contributed by atoms with Crippen molar-refractivity contribution in [3.63, 3.8) is 0 Å². The molecular weight excluding hydrogens is 148 g/mol. The Bertz CT molecular complexity index is 51.2.